The summed E-state index contributed by atoms with van der Waals surface area (Å²) in [4.78, 5) is 3.73. The number of nitrogen functional groups attached to an aromatic ring is 1. The second-order valence-electron chi connectivity index (χ2n) is 4.87. The molecule has 0 spiro atoms. The molecule has 2 aromatic rings. The molecule has 0 saturated carbocycles. The van der Waals surface area contributed by atoms with Gasteiger partial charge in [0.2, 0.25) is 0 Å². The molecule has 3 nitrogen and oxygen atoms in total. The molecule has 0 aliphatic rings. The van der Waals surface area contributed by atoms with Gasteiger partial charge < -0.3 is 15.4 Å². The van der Waals surface area contributed by atoms with Crippen molar-refractivity contribution >= 4 is 17.0 Å². The number of hydrogen-bond donors (Lipinski definition) is 1. The molecule has 4 heteroatoms. The summed E-state index contributed by atoms with van der Waals surface area (Å²) in [7, 11) is 2.13. The van der Waals surface area contributed by atoms with Crippen LogP contribution < -0.4 is 10.5 Å². The molecule has 1 heterocycles. The first kappa shape index (κ1) is 14.9. The Kier molecular flexibility index (Phi) is 5.44. The Labute approximate surface area is 125 Å². The lowest BCUT2D eigenvalue weighted by molar-refractivity contribution is 0.305. The number of rotatable bonds is 7. The summed E-state index contributed by atoms with van der Waals surface area (Å²) in [5.41, 5.74) is 7.82. The molecule has 0 amide bonds. The van der Waals surface area contributed by atoms with E-state index >= 15 is 0 Å². The summed E-state index contributed by atoms with van der Waals surface area (Å²) in [5.74, 6) is 0.935. The van der Waals surface area contributed by atoms with Crippen LogP contribution in [0.3, 0.4) is 0 Å². The third kappa shape index (κ3) is 4.25. The van der Waals surface area contributed by atoms with Crippen molar-refractivity contribution in [3.63, 3.8) is 0 Å². The first-order valence-corrected chi connectivity index (χ1v) is 7.79. The number of benzene rings is 1. The van der Waals surface area contributed by atoms with Crippen molar-refractivity contribution in [2.24, 2.45) is 0 Å². The van der Waals surface area contributed by atoms with Crippen LogP contribution in [0.1, 0.15) is 17.4 Å². The van der Waals surface area contributed by atoms with Gasteiger partial charge >= 0.3 is 0 Å². The fourth-order valence-corrected chi connectivity index (χ4v) is 2.84. The highest BCUT2D eigenvalue weighted by Gasteiger charge is 2.08. The quantitative estimate of drug-likeness (QED) is 0.794. The maximum absolute atomic E-state index is 5.88. The number of ether oxygens (including phenoxy) is 1. The average molecular weight is 290 g/mol. The molecule has 0 unspecified atom stereocenters. The molecular weight excluding hydrogens is 268 g/mol. The van der Waals surface area contributed by atoms with E-state index in [2.05, 4.69) is 29.5 Å². The van der Waals surface area contributed by atoms with E-state index in [-0.39, 0.29) is 0 Å². The number of anilines is 1. The van der Waals surface area contributed by atoms with Gasteiger partial charge in [-0.25, -0.2) is 0 Å². The van der Waals surface area contributed by atoms with Gasteiger partial charge in [-0.05, 0) is 50.0 Å². The summed E-state index contributed by atoms with van der Waals surface area (Å²) in [5, 5.41) is 2.13. The Bertz CT molecular complexity index is 525. The van der Waals surface area contributed by atoms with Crippen LogP contribution in [0.4, 0.5) is 5.69 Å². The smallest absolute Gasteiger partial charge is 0.123 e. The summed E-state index contributed by atoms with van der Waals surface area (Å²) >= 11 is 1.81. The molecule has 0 saturated heterocycles. The molecule has 0 fully saturated rings. The van der Waals surface area contributed by atoms with Gasteiger partial charge in [0.15, 0.2) is 0 Å². The minimum absolute atomic E-state index is 0.676. The van der Waals surface area contributed by atoms with Crippen LogP contribution in [0.5, 0.6) is 5.75 Å². The molecule has 0 radical (unpaired) electrons. The topological polar surface area (TPSA) is 38.5 Å². The predicted molar refractivity (Wildman–Crippen MR) is 86.4 cm³/mol. The van der Waals surface area contributed by atoms with Crippen LogP contribution in [0.15, 0.2) is 35.7 Å². The van der Waals surface area contributed by atoms with E-state index in [0.29, 0.717) is 6.61 Å². The largest absolute Gasteiger partial charge is 0.494 e. The van der Waals surface area contributed by atoms with Gasteiger partial charge in [-0.1, -0.05) is 6.07 Å². The van der Waals surface area contributed by atoms with Crippen LogP contribution in [-0.4, -0.2) is 25.1 Å². The number of thiophene rings is 1. The van der Waals surface area contributed by atoms with Crippen molar-refractivity contribution in [2.45, 2.75) is 19.9 Å². The third-order valence-corrected chi connectivity index (χ3v) is 4.08. The van der Waals surface area contributed by atoms with E-state index in [1.165, 1.54) is 4.88 Å². The van der Waals surface area contributed by atoms with Gasteiger partial charge in [0, 0.05) is 29.2 Å². The highest BCUT2D eigenvalue weighted by Crippen LogP contribution is 2.23. The zero-order valence-electron chi connectivity index (χ0n) is 12.1. The summed E-state index contributed by atoms with van der Waals surface area (Å²) in [6, 6.07) is 10.1. The maximum Gasteiger partial charge on any atom is 0.123 e. The van der Waals surface area contributed by atoms with E-state index in [4.69, 9.17) is 10.5 Å². The van der Waals surface area contributed by atoms with Crippen LogP contribution in [0, 0.1) is 0 Å². The maximum atomic E-state index is 5.88. The summed E-state index contributed by atoms with van der Waals surface area (Å²) < 4.78 is 5.66. The standard InChI is InChI=1S/C16H22N2OS/c1-3-19-16-7-6-14(17)11-13(16)12-18(2)9-8-15-5-4-10-20-15/h4-7,10-11H,3,8-9,12,17H2,1-2H3. The molecule has 2 N–H and O–H groups in total. The van der Waals surface area contributed by atoms with E-state index in [9.17, 15) is 0 Å². The van der Waals surface area contributed by atoms with Gasteiger partial charge in [-0.3, -0.25) is 0 Å². The second-order valence-corrected chi connectivity index (χ2v) is 5.90. The van der Waals surface area contributed by atoms with Gasteiger partial charge in [0.25, 0.3) is 0 Å². The monoisotopic (exact) mass is 290 g/mol. The number of nitrogens with zero attached hydrogens (tertiary/aromatic N) is 1. The minimum Gasteiger partial charge on any atom is -0.494 e. The Morgan fingerprint density at radius 1 is 1.30 bits per heavy atom. The summed E-state index contributed by atoms with van der Waals surface area (Å²) in [6.07, 6.45) is 1.08. The average Bonchev–Trinajstić information content (AvgIpc) is 2.93. The van der Waals surface area contributed by atoms with Crippen molar-refractivity contribution in [1.29, 1.82) is 0 Å². The second kappa shape index (κ2) is 7.31. The predicted octanol–water partition coefficient (Wildman–Crippen LogP) is 3.40. The van der Waals surface area contributed by atoms with Crippen molar-refractivity contribution in [3.8, 4) is 5.75 Å². The number of hydrogen-bond acceptors (Lipinski definition) is 4. The van der Waals surface area contributed by atoms with E-state index in [1.807, 2.05) is 36.5 Å². The number of likely N-dealkylation sites (N-methyl/N-ethyl adjacent to an activating group) is 1. The van der Waals surface area contributed by atoms with E-state index < -0.39 is 0 Å². The fourth-order valence-electron chi connectivity index (χ4n) is 2.14. The Morgan fingerprint density at radius 2 is 2.15 bits per heavy atom. The van der Waals surface area contributed by atoms with Crippen LogP contribution in [-0.2, 0) is 13.0 Å². The number of nitrogens with two attached hydrogens (primary N) is 1. The van der Waals surface area contributed by atoms with E-state index in [1.54, 1.807) is 0 Å². The van der Waals surface area contributed by atoms with Gasteiger partial charge in [0.1, 0.15) is 5.75 Å². The molecular formula is C16H22N2OS. The fraction of sp³-hybridized carbons (Fsp3) is 0.375. The highest BCUT2D eigenvalue weighted by molar-refractivity contribution is 7.09. The van der Waals surface area contributed by atoms with Crippen molar-refractivity contribution in [3.05, 3.63) is 46.2 Å². The van der Waals surface area contributed by atoms with E-state index in [0.717, 1.165) is 36.5 Å². The lowest BCUT2D eigenvalue weighted by Crippen LogP contribution is -2.21. The first-order chi connectivity index (χ1) is 9.69. The van der Waals surface area contributed by atoms with Crippen LogP contribution in [0.2, 0.25) is 0 Å². The molecule has 0 aliphatic carbocycles. The third-order valence-electron chi connectivity index (χ3n) is 3.14. The van der Waals surface area contributed by atoms with Crippen molar-refractivity contribution in [1.82, 2.24) is 4.90 Å². The molecule has 0 atom stereocenters. The molecule has 2 rings (SSSR count). The van der Waals surface area contributed by atoms with Crippen LogP contribution >= 0.6 is 11.3 Å². The molecule has 0 bridgehead atoms. The zero-order chi connectivity index (χ0) is 14.4. The summed E-state index contributed by atoms with van der Waals surface area (Å²) in [6.45, 7) is 4.56. The lowest BCUT2D eigenvalue weighted by atomic mass is 10.1. The van der Waals surface area contributed by atoms with Gasteiger partial charge in [-0.2, -0.15) is 0 Å². The van der Waals surface area contributed by atoms with Crippen molar-refractivity contribution in [2.75, 3.05) is 25.9 Å². The molecule has 0 aliphatic heterocycles. The molecule has 20 heavy (non-hydrogen) atoms. The SMILES string of the molecule is CCOc1ccc(N)cc1CN(C)CCc1cccs1. The Morgan fingerprint density at radius 3 is 2.85 bits per heavy atom. The van der Waals surface area contributed by atoms with Crippen molar-refractivity contribution < 1.29 is 4.74 Å². The molecule has 1 aromatic heterocycles. The molecule has 108 valence electrons. The normalized spacial score (nSPS) is 10.9. The zero-order valence-corrected chi connectivity index (χ0v) is 13.0. The van der Waals surface area contributed by atoms with Crippen LogP contribution in [0.25, 0.3) is 0 Å². The first-order valence-electron chi connectivity index (χ1n) is 6.91. The minimum atomic E-state index is 0.676. The lowest BCUT2D eigenvalue weighted by Gasteiger charge is -2.19. The van der Waals surface area contributed by atoms with Gasteiger partial charge in [0.05, 0.1) is 6.61 Å². The Balaban J connectivity index is 1.95. The highest BCUT2D eigenvalue weighted by atomic mass is 32.1. The molecule has 1 aromatic carbocycles. The Hall–Kier alpha value is -1.52. The van der Waals surface area contributed by atoms with Gasteiger partial charge in [-0.15, -0.1) is 11.3 Å².